The largest absolute Gasteiger partial charge is 0.465 e. The molecule has 0 saturated heterocycles. The molecular weight excluding hydrogens is 1430 g/mol. The van der Waals surface area contributed by atoms with Gasteiger partial charge in [0.15, 0.2) is 0 Å². The number of fused-ring (bicyclic) bond motifs is 3. The van der Waals surface area contributed by atoms with E-state index in [4.69, 9.17) is 24.7 Å². The van der Waals surface area contributed by atoms with Crippen molar-refractivity contribution in [1.82, 2.24) is 52.8 Å². The minimum Gasteiger partial charge on any atom is -0.465 e. The number of hydrogen-bond donors (Lipinski definition) is 10. The summed E-state index contributed by atoms with van der Waals surface area (Å²) in [6, 6.07) is 19.7. The van der Waals surface area contributed by atoms with Gasteiger partial charge < -0.3 is 77.4 Å². The summed E-state index contributed by atoms with van der Waals surface area (Å²) >= 11 is 0. The second kappa shape index (κ2) is 42.2. The Balaban J connectivity index is 1.30. The molecule has 0 bridgehead atoms. The number of amides is 11. The number of anilines is 1. The molecule has 1 aliphatic carbocycles. The number of non-ortho nitro benzene ring substituents is 1. The first kappa shape index (κ1) is 89.0. The third kappa shape index (κ3) is 29.9. The van der Waals surface area contributed by atoms with Crippen LogP contribution in [0.15, 0.2) is 107 Å². The molecule has 0 aliphatic heterocycles. The molecule has 11 N–H and O–H groups in total. The predicted molar refractivity (Wildman–Crippen MR) is 405 cm³/mol. The van der Waals surface area contributed by atoms with Gasteiger partial charge in [0, 0.05) is 49.9 Å². The molecule has 5 rings (SSSR count). The van der Waals surface area contributed by atoms with E-state index in [9.17, 15) is 72.4 Å². The van der Waals surface area contributed by atoms with Gasteiger partial charge in [-0.05, 0) is 145 Å². The van der Waals surface area contributed by atoms with Gasteiger partial charge in [0.25, 0.3) is 5.69 Å². The first-order valence-electron chi connectivity index (χ1n) is 36.3. The molecule has 34 nitrogen and oxygen atoms in total. The van der Waals surface area contributed by atoms with Crippen LogP contribution in [0.3, 0.4) is 0 Å². The summed E-state index contributed by atoms with van der Waals surface area (Å²) in [5.41, 5.74) is 8.50. The number of primary amides is 1. The molecule has 11 amide bonds. The summed E-state index contributed by atoms with van der Waals surface area (Å²) in [6.45, 7) is 21.0. The van der Waals surface area contributed by atoms with Crippen LogP contribution in [0.2, 0.25) is 0 Å². The van der Waals surface area contributed by atoms with Crippen molar-refractivity contribution in [2.45, 2.75) is 176 Å². The van der Waals surface area contributed by atoms with Gasteiger partial charge >= 0.3 is 24.1 Å². The van der Waals surface area contributed by atoms with Crippen molar-refractivity contribution in [2.75, 3.05) is 63.9 Å². The van der Waals surface area contributed by atoms with Crippen LogP contribution in [0.5, 0.6) is 0 Å². The Labute approximate surface area is 639 Å². The van der Waals surface area contributed by atoms with Crippen LogP contribution in [0.25, 0.3) is 11.1 Å². The lowest BCUT2D eigenvalue weighted by molar-refractivity contribution is -0.384. The van der Waals surface area contributed by atoms with E-state index in [-0.39, 0.29) is 56.6 Å². The summed E-state index contributed by atoms with van der Waals surface area (Å²) in [5.74, 6) is -11.3. The van der Waals surface area contributed by atoms with Crippen molar-refractivity contribution in [3.63, 3.8) is 0 Å². The monoisotopic (exact) mass is 1530 g/mol. The molecule has 34 heteroatoms. The molecule has 4 aromatic rings. The van der Waals surface area contributed by atoms with Gasteiger partial charge in [-0.2, -0.15) is 10.2 Å². The van der Waals surface area contributed by atoms with E-state index >= 15 is 0 Å². The van der Waals surface area contributed by atoms with Gasteiger partial charge in [-0.25, -0.2) is 14.4 Å². The highest BCUT2D eigenvalue weighted by atomic mass is 16.6. The Morgan fingerprint density at radius 2 is 1.12 bits per heavy atom. The number of ether oxygens (including phenoxy) is 4. The lowest BCUT2D eigenvalue weighted by atomic mass is 9.98. The van der Waals surface area contributed by atoms with Crippen LogP contribution in [0, 0.1) is 27.9 Å². The van der Waals surface area contributed by atoms with Gasteiger partial charge in [0.05, 0.1) is 42.2 Å². The minimum atomic E-state index is -1.79. The van der Waals surface area contributed by atoms with Crippen molar-refractivity contribution in [2.24, 2.45) is 33.7 Å². The average molecular weight is 1530 g/mol. The number of nitrogens with zero attached hydrogens (tertiary/aromatic N) is 5. The fraction of sp³-hybridized carbons (Fsp3) is 0.513. The number of benzene rings is 4. The smallest absolute Gasteiger partial charge is 0.410 e. The minimum absolute atomic E-state index is 0.0504. The quantitative estimate of drug-likeness (QED) is 0.00842. The highest BCUT2D eigenvalue weighted by Gasteiger charge is 2.38. The second-order valence-electron chi connectivity index (χ2n) is 29.3. The standard InChI is InChI=1S/C76H105N15O19/c1-15-89(50-28-24-48(25-29-50)87-88-49-26-30-51(31-27-49)91(105)106)35-36-90(74(104)108-43-56-54-22-18-16-20-52(54)53-21-17-19-23-55(53)56)42-63(95)85-65(45(4)5)71(101)86-66(46(6)7)70(100)82-58(69(99)83-59(38-44(2)3)72(102)109-75(9,10)11)39-64(96)107-37-33-61(93)78-34-32-57(84-73(103)110-76(12,13)14)68(98)81-47(8)67(97)80-41-62(94)79-40-60(77)92/h16-31,44-47,56-59,65-66H,15,32-43H2,1-14H3,(H2,77,92)(H,78,93)(H,79,94)(H,80,97)(H,81,98)(H,82,100)(H,83,99)(H,84,103)(H,85,95)(H,86,101)/t47-,57+,58-,59-,65-,66-/m0/s1. The van der Waals surface area contributed by atoms with E-state index in [1.807, 2.05) is 60.4 Å². The Kier molecular flexibility index (Phi) is 34.2. The molecule has 110 heavy (non-hydrogen) atoms. The SMILES string of the molecule is CCN(CCN(CC(=O)N[C@H](C(=O)N[C@H](C(=O)N[C@@H](CC(=O)OCCC(=O)NCC[C@@H](NC(=O)OC(C)(C)C)C(=O)N[C@@H](C)C(=O)NCC(=O)NCC(N)=O)C(=O)N[C@@H](CC(C)C)C(=O)OC(C)(C)C)C(C)C)C(C)C)C(=O)OCC1c2ccccc2-c2ccccc21)c1ccc(N=Nc2ccc([N+](=O)[O-])cc2)cc1. The first-order chi connectivity index (χ1) is 51.7. The Morgan fingerprint density at radius 1 is 0.573 bits per heavy atom. The third-order valence-corrected chi connectivity index (χ3v) is 16.7. The number of azo groups is 1. The summed E-state index contributed by atoms with van der Waals surface area (Å²) < 4.78 is 22.4. The molecule has 0 unspecified atom stereocenters. The van der Waals surface area contributed by atoms with E-state index < -0.39 is 181 Å². The number of rotatable bonds is 40. The van der Waals surface area contributed by atoms with Gasteiger partial charge in [-0.15, -0.1) is 0 Å². The van der Waals surface area contributed by atoms with E-state index in [0.29, 0.717) is 17.9 Å². The van der Waals surface area contributed by atoms with E-state index in [2.05, 4.69) is 58.1 Å². The number of nitro groups is 1. The zero-order valence-electron chi connectivity index (χ0n) is 64.8. The number of carbonyl (C=O) groups excluding carboxylic acids is 13. The van der Waals surface area contributed by atoms with Gasteiger partial charge in [-0.1, -0.05) is 90.1 Å². The highest BCUT2D eigenvalue weighted by Crippen LogP contribution is 2.44. The topological polar surface area (TPSA) is 467 Å². The van der Waals surface area contributed by atoms with Crippen molar-refractivity contribution in [3.8, 4) is 11.1 Å². The molecular formula is C76H105N15O19. The van der Waals surface area contributed by atoms with Crippen molar-refractivity contribution >= 4 is 100 Å². The van der Waals surface area contributed by atoms with Gasteiger partial charge in [-0.3, -0.25) is 63.0 Å². The average Bonchev–Trinajstić information content (AvgIpc) is 1.61. The van der Waals surface area contributed by atoms with Crippen LogP contribution >= 0.6 is 0 Å². The maximum absolute atomic E-state index is 14.6. The van der Waals surface area contributed by atoms with Gasteiger partial charge in [0.2, 0.25) is 53.2 Å². The number of nitro benzene ring substituents is 1. The molecule has 6 atom stereocenters. The zero-order valence-corrected chi connectivity index (χ0v) is 64.8. The number of hydrogen-bond acceptors (Lipinski definition) is 22. The van der Waals surface area contributed by atoms with Gasteiger partial charge in [0.1, 0.15) is 67.2 Å². The number of carbonyl (C=O) groups is 13. The van der Waals surface area contributed by atoms with Crippen molar-refractivity contribution < 1.29 is 86.2 Å². The van der Waals surface area contributed by atoms with Crippen LogP contribution in [0.1, 0.15) is 140 Å². The number of nitrogens with one attached hydrogen (secondary N) is 9. The Morgan fingerprint density at radius 3 is 1.66 bits per heavy atom. The lowest BCUT2D eigenvalue weighted by Gasteiger charge is -2.30. The zero-order chi connectivity index (χ0) is 81.7. The summed E-state index contributed by atoms with van der Waals surface area (Å²) in [7, 11) is 0. The number of likely N-dealkylation sites (N-methyl/N-ethyl adjacent to an activating group) is 1. The predicted octanol–water partition coefficient (Wildman–Crippen LogP) is 5.67. The molecule has 0 aromatic heterocycles. The van der Waals surface area contributed by atoms with E-state index in [1.54, 1.807) is 107 Å². The molecule has 4 aromatic carbocycles. The highest BCUT2D eigenvalue weighted by molar-refractivity contribution is 5.98. The van der Waals surface area contributed by atoms with Crippen LogP contribution in [-0.2, 0) is 71.7 Å². The first-order valence-corrected chi connectivity index (χ1v) is 36.3. The molecule has 0 fully saturated rings. The Hall–Kier alpha value is -11.6. The van der Waals surface area contributed by atoms with Crippen LogP contribution in [-0.4, -0.2) is 194 Å². The molecule has 598 valence electrons. The fourth-order valence-corrected chi connectivity index (χ4v) is 11.2. The molecule has 0 spiro atoms. The van der Waals surface area contributed by atoms with Crippen molar-refractivity contribution in [1.29, 1.82) is 0 Å². The molecule has 0 saturated carbocycles. The van der Waals surface area contributed by atoms with E-state index in [1.165, 1.54) is 36.1 Å². The summed E-state index contributed by atoms with van der Waals surface area (Å²) in [4.78, 5) is 189. The van der Waals surface area contributed by atoms with E-state index in [0.717, 1.165) is 27.9 Å². The number of alkyl carbamates (subject to hydrolysis) is 1. The lowest BCUT2D eigenvalue weighted by Crippen LogP contribution is -2.60. The second-order valence-corrected chi connectivity index (χ2v) is 29.3. The molecule has 0 heterocycles. The molecule has 1 aliphatic rings. The normalized spacial score (nSPS) is 13.5. The summed E-state index contributed by atoms with van der Waals surface area (Å²) in [5, 5.41) is 42.0. The number of esters is 2. The maximum atomic E-state index is 14.6. The third-order valence-electron chi connectivity index (χ3n) is 16.7. The number of nitrogens with two attached hydrogens (primary N) is 1. The van der Waals surface area contributed by atoms with Crippen molar-refractivity contribution in [3.05, 3.63) is 118 Å². The fourth-order valence-electron chi connectivity index (χ4n) is 11.2. The summed E-state index contributed by atoms with van der Waals surface area (Å²) in [6.07, 6.45) is -3.38. The Bertz CT molecular complexity index is 3890. The maximum Gasteiger partial charge on any atom is 0.410 e. The molecule has 0 radical (unpaired) electrons. The van der Waals surface area contributed by atoms with Crippen LogP contribution in [0.4, 0.5) is 32.3 Å². The van der Waals surface area contributed by atoms with Crippen LogP contribution < -0.4 is 58.5 Å².